The minimum Gasteiger partial charge on any atom is -0.376 e. The first-order valence-corrected chi connectivity index (χ1v) is 11.2. The van der Waals surface area contributed by atoms with E-state index in [4.69, 9.17) is 21.3 Å². The van der Waals surface area contributed by atoms with Gasteiger partial charge in [0.05, 0.1) is 22.9 Å². The summed E-state index contributed by atoms with van der Waals surface area (Å²) >= 11 is 9.33. The third-order valence-corrected chi connectivity index (χ3v) is 6.54. The summed E-state index contributed by atoms with van der Waals surface area (Å²) in [7, 11) is 0. The van der Waals surface area contributed by atoms with E-state index < -0.39 is 0 Å². The highest BCUT2D eigenvalue weighted by atomic mass is 35.5. The fourth-order valence-electron chi connectivity index (χ4n) is 3.15. The number of benzene rings is 2. The fraction of sp³-hybridized carbons (Fsp3) is 0.300. The lowest BCUT2D eigenvalue weighted by Crippen LogP contribution is -2.37. The first-order chi connectivity index (χ1) is 13.1. The van der Waals surface area contributed by atoms with Gasteiger partial charge in [-0.2, -0.15) is 0 Å². The van der Waals surface area contributed by atoms with Gasteiger partial charge in [0.2, 0.25) is 0 Å². The second-order valence-corrected chi connectivity index (χ2v) is 8.72. The van der Waals surface area contributed by atoms with E-state index in [1.807, 2.05) is 6.07 Å². The summed E-state index contributed by atoms with van der Waals surface area (Å²) in [5.74, 6) is -0.0999. The Morgan fingerprint density at radius 2 is 2.26 bits per heavy atom. The van der Waals surface area contributed by atoms with E-state index in [-0.39, 0.29) is 12.0 Å². The Morgan fingerprint density at radius 3 is 3.00 bits per heavy atom. The van der Waals surface area contributed by atoms with Crippen LogP contribution in [0.4, 0.5) is 5.13 Å². The van der Waals surface area contributed by atoms with Crippen molar-refractivity contribution < 1.29 is 9.53 Å². The van der Waals surface area contributed by atoms with Crippen molar-refractivity contribution in [1.29, 1.82) is 0 Å². The van der Waals surface area contributed by atoms with Crippen molar-refractivity contribution in [3.8, 4) is 0 Å². The zero-order valence-electron chi connectivity index (χ0n) is 14.9. The molecule has 0 saturated carbocycles. The van der Waals surface area contributed by atoms with Crippen LogP contribution in [0.3, 0.4) is 0 Å². The molecule has 0 unspecified atom stereocenters. The summed E-state index contributed by atoms with van der Waals surface area (Å²) in [6, 6.07) is 13.2. The molecule has 1 aliphatic heterocycles. The SMILES string of the molecule is CSc1ccc2nc(N(C[C@H]3CCCO3)C(=O)c3cccc(Cl)c3)sc2c1. The molecule has 1 atom stereocenters. The molecule has 7 heteroatoms. The molecule has 1 amide bonds. The summed E-state index contributed by atoms with van der Waals surface area (Å²) in [5, 5.41) is 1.25. The Balaban J connectivity index is 1.71. The van der Waals surface area contributed by atoms with Gasteiger partial charge in [0, 0.05) is 22.1 Å². The van der Waals surface area contributed by atoms with Gasteiger partial charge in [-0.15, -0.1) is 11.8 Å². The van der Waals surface area contributed by atoms with Crippen molar-refractivity contribution in [3.63, 3.8) is 0 Å². The monoisotopic (exact) mass is 418 g/mol. The molecule has 27 heavy (non-hydrogen) atoms. The van der Waals surface area contributed by atoms with Gasteiger partial charge in [-0.3, -0.25) is 9.69 Å². The van der Waals surface area contributed by atoms with Crippen LogP contribution in [0.1, 0.15) is 23.2 Å². The van der Waals surface area contributed by atoms with E-state index in [1.165, 1.54) is 16.2 Å². The van der Waals surface area contributed by atoms with Crippen molar-refractivity contribution in [2.45, 2.75) is 23.8 Å². The highest BCUT2D eigenvalue weighted by molar-refractivity contribution is 7.98. The van der Waals surface area contributed by atoms with Gasteiger partial charge in [0.1, 0.15) is 0 Å². The molecular formula is C20H19ClN2O2S2. The largest absolute Gasteiger partial charge is 0.376 e. The quantitative estimate of drug-likeness (QED) is 0.513. The highest BCUT2D eigenvalue weighted by Crippen LogP contribution is 2.33. The molecule has 0 bridgehead atoms. The van der Waals surface area contributed by atoms with Gasteiger partial charge in [-0.25, -0.2) is 4.98 Å². The van der Waals surface area contributed by atoms with Gasteiger partial charge < -0.3 is 4.74 Å². The zero-order chi connectivity index (χ0) is 18.8. The Hall–Kier alpha value is -1.60. The molecule has 0 N–H and O–H groups in total. The molecular weight excluding hydrogens is 400 g/mol. The van der Waals surface area contributed by atoms with Crippen LogP contribution >= 0.6 is 34.7 Å². The molecule has 0 aliphatic carbocycles. The lowest BCUT2D eigenvalue weighted by molar-refractivity contribution is 0.0917. The van der Waals surface area contributed by atoms with Crippen molar-refractivity contribution in [2.24, 2.45) is 0 Å². The average molecular weight is 419 g/mol. The fourth-order valence-corrected chi connectivity index (χ4v) is 4.87. The number of halogens is 1. The van der Waals surface area contributed by atoms with E-state index >= 15 is 0 Å². The number of amides is 1. The predicted octanol–water partition coefficient (Wildman–Crippen LogP) is 5.50. The molecule has 1 aromatic heterocycles. The smallest absolute Gasteiger partial charge is 0.260 e. The number of anilines is 1. The first kappa shape index (κ1) is 18.7. The van der Waals surface area contributed by atoms with Gasteiger partial charge in [-0.05, 0) is 55.5 Å². The van der Waals surface area contributed by atoms with E-state index in [1.54, 1.807) is 40.9 Å². The minimum absolute atomic E-state index is 0.0434. The maximum absolute atomic E-state index is 13.3. The Morgan fingerprint density at radius 1 is 1.37 bits per heavy atom. The molecule has 2 aromatic carbocycles. The summed E-state index contributed by atoms with van der Waals surface area (Å²) in [6.07, 6.45) is 4.08. The van der Waals surface area contributed by atoms with Crippen LogP contribution in [0.15, 0.2) is 47.4 Å². The number of carbonyl (C=O) groups is 1. The van der Waals surface area contributed by atoms with Crippen molar-refractivity contribution in [1.82, 2.24) is 4.98 Å². The van der Waals surface area contributed by atoms with Crippen LogP contribution in [-0.2, 0) is 4.74 Å². The molecule has 1 fully saturated rings. The van der Waals surface area contributed by atoms with Crippen molar-refractivity contribution in [3.05, 3.63) is 53.1 Å². The number of hydrogen-bond acceptors (Lipinski definition) is 5. The summed E-state index contributed by atoms with van der Waals surface area (Å²) in [6.45, 7) is 1.25. The lowest BCUT2D eigenvalue weighted by atomic mass is 10.2. The maximum atomic E-state index is 13.3. The molecule has 4 nitrogen and oxygen atoms in total. The topological polar surface area (TPSA) is 42.4 Å². The van der Waals surface area contributed by atoms with E-state index in [0.29, 0.717) is 22.3 Å². The van der Waals surface area contributed by atoms with E-state index in [2.05, 4.69) is 18.4 Å². The zero-order valence-corrected chi connectivity index (χ0v) is 17.2. The number of thiazole rings is 1. The predicted molar refractivity (Wildman–Crippen MR) is 114 cm³/mol. The summed E-state index contributed by atoms with van der Waals surface area (Å²) < 4.78 is 6.86. The first-order valence-electron chi connectivity index (χ1n) is 8.77. The lowest BCUT2D eigenvalue weighted by Gasteiger charge is -2.23. The van der Waals surface area contributed by atoms with E-state index in [9.17, 15) is 4.79 Å². The molecule has 4 rings (SSSR count). The molecule has 0 spiro atoms. The molecule has 140 valence electrons. The Bertz CT molecular complexity index is 970. The number of aromatic nitrogens is 1. The second kappa shape index (κ2) is 8.19. The van der Waals surface area contributed by atoms with Crippen molar-refractivity contribution in [2.75, 3.05) is 24.3 Å². The number of hydrogen-bond donors (Lipinski definition) is 0. The molecule has 1 aliphatic rings. The number of thioether (sulfide) groups is 1. The number of nitrogens with zero attached hydrogens (tertiary/aromatic N) is 2. The second-order valence-electron chi connectivity index (χ2n) is 6.39. The Labute approximate surface area is 171 Å². The third kappa shape index (κ3) is 4.14. The molecule has 1 saturated heterocycles. The number of carbonyl (C=O) groups excluding carboxylic acids is 1. The van der Waals surface area contributed by atoms with Crippen LogP contribution in [0.25, 0.3) is 10.2 Å². The van der Waals surface area contributed by atoms with Crippen molar-refractivity contribution >= 4 is 56.0 Å². The van der Waals surface area contributed by atoms with Gasteiger partial charge >= 0.3 is 0 Å². The average Bonchev–Trinajstić information content (AvgIpc) is 3.34. The third-order valence-electron chi connectivity index (χ3n) is 4.54. The van der Waals surface area contributed by atoms with Crippen LogP contribution in [-0.4, -0.2) is 36.4 Å². The standard InChI is InChI=1S/C20H19ClN2O2S2/c1-26-16-7-8-17-18(11-16)27-20(22-17)23(12-15-6-3-9-25-15)19(24)13-4-2-5-14(21)10-13/h2,4-5,7-8,10-11,15H,3,6,9,12H2,1H3/t15-/m1/s1. The van der Waals surface area contributed by atoms with Crippen LogP contribution in [0, 0.1) is 0 Å². The molecule has 2 heterocycles. The number of ether oxygens (including phenoxy) is 1. The van der Waals surface area contributed by atoms with Crippen LogP contribution < -0.4 is 4.90 Å². The molecule has 3 aromatic rings. The van der Waals surface area contributed by atoms with Gasteiger partial charge in [-0.1, -0.05) is 29.0 Å². The Kier molecular flexibility index (Phi) is 5.68. The number of fused-ring (bicyclic) bond motifs is 1. The minimum atomic E-state index is -0.0999. The summed E-state index contributed by atoms with van der Waals surface area (Å²) in [5.41, 5.74) is 1.47. The van der Waals surface area contributed by atoms with Gasteiger partial charge in [0.15, 0.2) is 5.13 Å². The molecule has 0 radical (unpaired) electrons. The van der Waals surface area contributed by atoms with Gasteiger partial charge in [0.25, 0.3) is 5.91 Å². The number of rotatable bonds is 5. The summed E-state index contributed by atoms with van der Waals surface area (Å²) in [4.78, 5) is 20.9. The maximum Gasteiger partial charge on any atom is 0.260 e. The van der Waals surface area contributed by atoms with E-state index in [0.717, 1.165) is 29.7 Å². The van der Waals surface area contributed by atoms with Crippen LogP contribution in [0.2, 0.25) is 5.02 Å². The normalized spacial score (nSPS) is 16.7. The van der Waals surface area contributed by atoms with Crippen LogP contribution in [0.5, 0.6) is 0 Å². The highest BCUT2D eigenvalue weighted by Gasteiger charge is 2.27.